The number of alkyl halides is 3. The van der Waals surface area contributed by atoms with Gasteiger partial charge >= 0.3 is 6.18 Å². The molecule has 0 spiro atoms. The van der Waals surface area contributed by atoms with Crippen LogP contribution in [0.15, 0.2) is 30.5 Å². The molecule has 4 nitrogen and oxygen atoms in total. The molecule has 3 rings (SSSR count). The van der Waals surface area contributed by atoms with Gasteiger partial charge in [-0.3, -0.25) is 0 Å². The van der Waals surface area contributed by atoms with Gasteiger partial charge in [-0.15, -0.1) is 11.3 Å². The van der Waals surface area contributed by atoms with Crippen LogP contribution in [-0.4, -0.2) is 15.0 Å². The van der Waals surface area contributed by atoms with Crippen LogP contribution in [0, 0.1) is 6.92 Å². The first-order chi connectivity index (χ1) is 11.3. The smallest absolute Gasteiger partial charge is 0.368 e. The first-order valence-corrected chi connectivity index (χ1v) is 7.88. The Morgan fingerprint density at radius 1 is 1.12 bits per heavy atom. The summed E-state index contributed by atoms with van der Waals surface area (Å²) in [6, 6.07) is 4.84. The predicted molar refractivity (Wildman–Crippen MR) is 87.7 cm³/mol. The summed E-state index contributed by atoms with van der Waals surface area (Å²) >= 11 is 7.38. The summed E-state index contributed by atoms with van der Waals surface area (Å²) in [6.45, 7) is 1.77. The van der Waals surface area contributed by atoms with Crippen molar-refractivity contribution in [2.24, 2.45) is 0 Å². The van der Waals surface area contributed by atoms with Crippen molar-refractivity contribution >= 4 is 28.9 Å². The van der Waals surface area contributed by atoms with Crippen molar-refractivity contribution in [1.82, 2.24) is 15.0 Å². The number of nitrogens with zero attached hydrogens (tertiary/aromatic N) is 3. The van der Waals surface area contributed by atoms with Crippen molar-refractivity contribution in [3.63, 3.8) is 0 Å². The fraction of sp³-hybridized carbons (Fsp3) is 0.133. The number of thiazole rings is 1. The maximum Gasteiger partial charge on any atom is 0.416 e. The minimum Gasteiger partial charge on any atom is -0.368 e. The van der Waals surface area contributed by atoms with Crippen LogP contribution in [0.5, 0.6) is 0 Å². The molecule has 0 bridgehead atoms. The van der Waals surface area contributed by atoms with Crippen molar-refractivity contribution in [2.75, 3.05) is 5.73 Å². The lowest BCUT2D eigenvalue weighted by Crippen LogP contribution is -2.03. The zero-order valence-electron chi connectivity index (χ0n) is 12.2. The topological polar surface area (TPSA) is 64.7 Å². The lowest BCUT2D eigenvalue weighted by Gasteiger charge is -2.06. The van der Waals surface area contributed by atoms with E-state index in [0.717, 1.165) is 12.1 Å². The van der Waals surface area contributed by atoms with Crippen LogP contribution in [0.1, 0.15) is 11.3 Å². The largest absolute Gasteiger partial charge is 0.416 e. The van der Waals surface area contributed by atoms with E-state index in [4.69, 9.17) is 17.3 Å². The van der Waals surface area contributed by atoms with E-state index in [0.29, 0.717) is 31.9 Å². The molecule has 0 atom stereocenters. The minimum absolute atomic E-state index is 0.0817. The van der Waals surface area contributed by atoms with Gasteiger partial charge in [0.05, 0.1) is 27.4 Å². The molecular weight excluding hydrogens is 361 g/mol. The van der Waals surface area contributed by atoms with E-state index in [1.807, 2.05) is 0 Å². The lowest BCUT2D eigenvalue weighted by atomic mass is 10.1. The maximum absolute atomic E-state index is 12.6. The summed E-state index contributed by atoms with van der Waals surface area (Å²) in [4.78, 5) is 13.0. The fourth-order valence-corrected chi connectivity index (χ4v) is 3.40. The van der Waals surface area contributed by atoms with Gasteiger partial charge in [0.15, 0.2) is 0 Å². The molecule has 1 aromatic carbocycles. The second-order valence-electron chi connectivity index (χ2n) is 4.93. The molecule has 2 N–H and O–H groups in total. The highest BCUT2D eigenvalue weighted by atomic mass is 35.5. The molecule has 2 aromatic heterocycles. The van der Waals surface area contributed by atoms with E-state index in [1.165, 1.54) is 29.7 Å². The Morgan fingerprint density at radius 3 is 2.42 bits per heavy atom. The molecule has 0 fully saturated rings. The fourth-order valence-electron chi connectivity index (χ4n) is 2.08. The van der Waals surface area contributed by atoms with Crippen LogP contribution < -0.4 is 5.73 Å². The molecule has 0 amide bonds. The van der Waals surface area contributed by atoms with Gasteiger partial charge in [0, 0.05) is 5.56 Å². The highest BCUT2D eigenvalue weighted by Gasteiger charge is 2.30. The third-order valence-corrected chi connectivity index (χ3v) is 4.72. The maximum atomic E-state index is 12.6. The zero-order valence-corrected chi connectivity index (χ0v) is 13.8. The number of nitrogens with two attached hydrogens (primary N) is 1. The molecule has 3 aromatic rings. The number of hydrogen-bond donors (Lipinski definition) is 1. The average molecular weight is 371 g/mol. The van der Waals surface area contributed by atoms with Gasteiger partial charge in [-0.2, -0.15) is 13.2 Å². The Hall–Kier alpha value is -2.19. The van der Waals surface area contributed by atoms with E-state index in [-0.39, 0.29) is 5.95 Å². The molecule has 0 saturated carbocycles. The van der Waals surface area contributed by atoms with Gasteiger partial charge in [-0.1, -0.05) is 23.7 Å². The highest BCUT2D eigenvalue weighted by Crippen LogP contribution is 2.38. The van der Waals surface area contributed by atoms with Crippen molar-refractivity contribution in [3.05, 3.63) is 46.7 Å². The molecule has 124 valence electrons. The number of benzene rings is 1. The van der Waals surface area contributed by atoms with Gasteiger partial charge in [0.2, 0.25) is 5.95 Å². The lowest BCUT2D eigenvalue weighted by molar-refractivity contribution is -0.137. The summed E-state index contributed by atoms with van der Waals surface area (Å²) in [7, 11) is 0. The Labute approximate surface area is 144 Å². The van der Waals surface area contributed by atoms with Crippen molar-refractivity contribution < 1.29 is 13.2 Å². The summed E-state index contributed by atoms with van der Waals surface area (Å²) in [6.07, 6.45) is -2.97. The van der Waals surface area contributed by atoms with Gasteiger partial charge in [-0.25, -0.2) is 15.0 Å². The van der Waals surface area contributed by atoms with Crippen LogP contribution in [0.2, 0.25) is 5.02 Å². The van der Waals surface area contributed by atoms with Gasteiger partial charge < -0.3 is 5.73 Å². The first-order valence-electron chi connectivity index (χ1n) is 6.69. The molecule has 2 heterocycles. The summed E-state index contributed by atoms with van der Waals surface area (Å²) < 4.78 is 37.9. The zero-order chi connectivity index (χ0) is 17.5. The minimum atomic E-state index is -4.37. The quantitative estimate of drug-likeness (QED) is 0.701. The number of aryl methyl sites for hydroxylation is 1. The van der Waals surface area contributed by atoms with Crippen LogP contribution in [0.3, 0.4) is 0 Å². The van der Waals surface area contributed by atoms with Crippen LogP contribution in [0.25, 0.3) is 21.1 Å². The van der Waals surface area contributed by atoms with Gasteiger partial charge in [0.25, 0.3) is 0 Å². The summed E-state index contributed by atoms with van der Waals surface area (Å²) in [5.74, 6) is 0.0817. The number of hydrogen-bond acceptors (Lipinski definition) is 5. The van der Waals surface area contributed by atoms with E-state index >= 15 is 0 Å². The van der Waals surface area contributed by atoms with Crippen LogP contribution in [0.4, 0.5) is 19.1 Å². The summed E-state index contributed by atoms with van der Waals surface area (Å²) in [5.41, 5.74) is 6.59. The van der Waals surface area contributed by atoms with E-state index in [2.05, 4.69) is 15.0 Å². The monoisotopic (exact) mass is 370 g/mol. The van der Waals surface area contributed by atoms with Crippen molar-refractivity contribution in [2.45, 2.75) is 13.1 Å². The molecule has 0 saturated heterocycles. The first kappa shape index (κ1) is 16.7. The average Bonchev–Trinajstić information content (AvgIpc) is 2.91. The Kier molecular flexibility index (Phi) is 4.18. The Morgan fingerprint density at radius 2 is 1.79 bits per heavy atom. The number of halogens is 4. The molecule has 9 heteroatoms. The Balaban J connectivity index is 2.01. The number of nitrogen functional groups attached to an aromatic ring is 1. The van der Waals surface area contributed by atoms with E-state index in [9.17, 15) is 13.2 Å². The third kappa shape index (κ3) is 3.20. The molecule has 0 aliphatic rings. The highest BCUT2D eigenvalue weighted by molar-refractivity contribution is 7.18. The number of anilines is 1. The second kappa shape index (κ2) is 6.03. The SMILES string of the molecule is Cc1nc(-c2ccc(C(F)(F)F)cc2)sc1-c1nc(N)ncc1Cl. The molecular formula is C15H10ClF3N4S. The van der Waals surface area contributed by atoms with Gasteiger partial charge in [0.1, 0.15) is 10.7 Å². The molecule has 0 aliphatic heterocycles. The molecule has 0 unspecified atom stereocenters. The standard InChI is InChI=1S/C15H10ClF3N4S/c1-7-12(11-10(16)6-21-14(20)23-11)24-13(22-7)8-2-4-9(5-3-8)15(17,18)19/h2-6H,1H3,(H2,20,21,23). The number of aromatic nitrogens is 3. The predicted octanol–water partition coefficient (Wildman–Crippen LogP) is 4.83. The normalized spacial score (nSPS) is 11.7. The van der Waals surface area contributed by atoms with Gasteiger partial charge in [-0.05, 0) is 19.1 Å². The van der Waals surface area contributed by atoms with Crippen molar-refractivity contribution in [3.8, 4) is 21.1 Å². The Bertz CT molecular complexity index is 891. The van der Waals surface area contributed by atoms with Crippen molar-refractivity contribution in [1.29, 1.82) is 0 Å². The van der Waals surface area contributed by atoms with E-state index in [1.54, 1.807) is 6.92 Å². The summed E-state index contributed by atoms with van der Waals surface area (Å²) in [5, 5.41) is 0.902. The molecule has 24 heavy (non-hydrogen) atoms. The second-order valence-corrected chi connectivity index (χ2v) is 6.34. The molecule has 0 radical (unpaired) electrons. The third-order valence-electron chi connectivity index (χ3n) is 3.23. The number of rotatable bonds is 2. The molecule has 0 aliphatic carbocycles. The van der Waals surface area contributed by atoms with Crippen LogP contribution in [-0.2, 0) is 6.18 Å². The van der Waals surface area contributed by atoms with Crippen LogP contribution >= 0.6 is 22.9 Å². The van der Waals surface area contributed by atoms with E-state index < -0.39 is 11.7 Å².